The maximum atomic E-state index is 11.4. The number of carbonyl (C=O) groups is 2. The molecule has 0 aliphatic heterocycles. The first kappa shape index (κ1) is 14.4. The van der Waals surface area contributed by atoms with Gasteiger partial charge in [-0.2, -0.15) is 0 Å². The second kappa shape index (κ2) is 6.34. The third-order valence-electron chi connectivity index (χ3n) is 2.34. The molecule has 1 rings (SSSR count). The summed E-state index contributed by atoms with van der Waals surface area (Å²) in [5.41, 5.74) is 0.0726. The minimum Gasteiger partial charge on any atom is -0.481 e. The van der Waals surface area contributed by atoms with Crippen LogP contribution in [0.4, 0.5) is 11.4 Å². The van der Waals surface area contributed by atoms with E-state index in [1.165, 1.54) is 19.2 Å². The van der Waals surface area contributed by atoms with Gasteiger partial charge in [-0.05, 0) is 12.1 Å². The lowest BCUT2D eigenvalue weighted by Crippen LogP contribution is -2.18. The average Bonchev–Trinajstić information content (AvgIpc) is 2.37. The molecule has 1 amide bonds. The molecule has 0 radical (unpaired) electrons. The number of hydrogen-bond acceptors (Lipinski definition) is 5. The standard InChI is InChI=1S/C11H13N3O5/c1-12-11(17)7-2-3-8(9(6-7)14(18)19)13-5-4-10(15)16/h2-3,6,13H,4-5H2,1H3,(H,12,17)(H,15,16). The molecule has 19 heavy (non-hydrogen) atoms. The normalized spacial score (nSPS) is 9.74. The van der Waals surface area contributed by atoms with Crippen LogP contribution in [0.5, 0.6) is 0 Å². The van der Waals surface area contributed by atoms with E-state index in [0.717, 1.165) is 6.07 Å². The molecule has 0 unspecified atom stereocenters. The quantitative estimate of drug-likeness (QED) is 0.518. The number of carbonyl (C=O) groups excluding carboxylic acids is 1. The van der Waals surface area contributed by atoms with Gasteiger partial charge >= 0.3 is 5.97 Å². The Hall–Kier alpha value is -2.64. The third kappa shape index (κ3) is 3.95. The molecule has 102 valence electrons. The third-order valence-corrected chi connectivity index (χ3v) is 2.34. The number of nitro benzene ring substituents is 1. The maximum absolute atomic E-state index is 11.4. The fourth-order valence-electron chi connectivity index (χ4n) is 1.42. The van der Waals surface area contributed by atoms with Gasteiger partial charge in [0.05, 0.1) is 11.3 Å². The Bertz CT molecular complexity index is 515. The summed E-state index contributed by atoms with van der Waals surface area (Å²) in [5.74, 6) is -1.43. The highest BCUT2D eigenvalue weighted by Gasteiger charge is 2.17. The number of hydrogen-bond donors (Lipinski definition) is 3. The van der Waals surface area contributed by atoms with E-state index in [4.69, 9.17) is 5.11 Å². The molecule has 8 heteroatoms. The van der Waals surface area contributed by atoms with Gasteiger partial charge in [0, 0.05) is 25.2 Å². The lowest BCUT2D eigenvalue weighted by Gasteiger charge is -2.07. The Labute approximate surface area is 108 Å². The average molecular weight is 267 g/mol. The van der Waals surface area contributed by atoms with Crippen LogP contribution in [0.25, 0.3) is 0 Å². The van der Waals surface area contributed by atoms with E-state index in [0.29, 0.717) is 0 Å². The molecule has 3 N–H and O–H groups in total. The second-order valence-corrected chi connectivity index (χ2v) is 3.64. The van der Waals surface area contributed by atoms with Gasteiger partial charge in [-0.3, -0.25) is 19.7 Å². The zero-order valence-electron chi connectivity index (χ0n) is 10.2. The Kier molecular flexibility index (Phi) is 4.81. The summed E-state index contributed by atoms with van der Waals surface area (Å²) in [4.78, 5) is 32.0. The smallest absolute Gasteiger partial charge is 0.305 e. The summed E-state index contributed by atoms with van der Waals surface area (Å²) in [6, 6.07) is 3.95. The molecule has 0 atom stereocenters. The Morgan fingerprint density at radius 1 is 1.42 bits per heavy atom. The van der Waals surface area contributed by atoms with Gasteiger partial charge in [-0.1, -0.05) is 0 Å². The van der Waals surface area contributed by atoms with Crippen LogP contribution in [-0.2, 0) is 4.79 Å². The van der Waals surface area contributed by atoms with Crippen LogP contribution in [0.15, 0.2) is 18.2 Å². The minimum absolute atomic E-state index is 0.0650. The highest BCUT2D eigenvalue weighted by molar-refractivity contribution is 5.95. The first-order valence-electron chi connectivity index (χ1n) is 5.42. The van der Waals surface area contributed by atoms with Gasteiger partial charge in [0.2, 0.25) is 0 Å². The van der Waals surface area contributed by atoms with Gasteiger partial charge in [0.25, 0.3) is 11.6 Å². The van der Waals surface area contributed by atoms with E-state index in [2.05, 4.69) is 10.6 Å². The van der Waals surface area contributed by atoms with Crippen molar-refractivity contribution in [3.05, 3.63) is 33.9 Å². The van der Waals surface area contributed by atoms with E-state index in [-0.39, 0.29) is 29.9 Å². The van der Waals surface area contributed by atoms with Crippen molar-refractivity contribution >= 4 is 23.3 Å². The molecule has 0 aliphatic rings. The molecule has 1 aromatic rings. The SMILES string of the molecule is CNC(=O)c1ccc(NCCC(=O)O)c([N+](=O)[O-])c1. The predicted octanol–water partition coefficient (Wildman–Crippen LogP) is 0.841. The zero-order valence-corrected chi connectivity index (χ0v) is 10.2. The molecule has 8 nitrogen and oxygen atoms in total. The van der Waals surface area contributed by atoms with E-state index >= 15 is 0 Å². The fraction of sp³-hybridized carbons (Fsp3) is 0.273. The topological polar surface area (TPSA) is 122 Å². The molecular formula is C11H13N3O5. The van der Waals surface area contributed by atoms with Crippen LogP contribution in [0.2, 0.25) is 0 Å². The summed E-state index contributed by atoms with van der Waals surface area (Å²) in [6.45, 7) is 0.0650. The van der Waals surface area contributed by atoms with Crippen molar-refractivity contribution in [1.29, 1.82) is 0 Å². The molecule has 0 aliphatic carbocycles. The number of carboxylic acids is 1. The van der Waals surface area contributed by atoms with Crippen LogP contribution >= 0.6 is 0 Å². The monoisotopic (exact) mass is 267 g/mol. The first-order chi connectivity index (χ1) is 8.95. The number of rotatable bonds is 6. The number of carboxylic acid groups (broad SMARTS) is 1. The lowest BCUT2D eigenvalue weighted by molar-refractivity contribution is -0.384. The number of nitro groups is 1. The van der Waals surface area contributed by atoms with Crippen molar-refractivity contribution in [2.45, 2.75) is 6.42 Å². The highest BCUT2D eigenvalue weighted by atomic mass is 16.6. The molecular weight excluding hydrogens is 254 g/mol. The van der Waals surface area contributed by atoms with Crippen LogP contribution in [0.1, 0.15) is 16.8 Å². The molecule has 0 saturated heterocycles. The Balaban J connectivity index is 2.95. The van der Waals surface area contributed by atoms with Gasteiger partial charge in [-0.25, -0.2) is 0 Å². The van der Waals surface area contributed by atoms with Gasteiger partial charge in [0.1, 0.15) is 5.69 Å². The second-order valence-electron chi connectivity index (χ2n) is 3.64. The summed E-state index contributed by atoms with van der Waals surface area (Å²) >= 11 is 0. The van der Waals surface area contributed by atoms with E-state index in [1.54, 1.807) is 0 Å². The number of nitrogens with one attached hydrogen (secondary N) is 2. The van der Waals surface area contributed by atoms with Gasteiger partial charge in [0.15, 0.2) is 0 Å². The van der Waals surface area contributed by atoms with Crippen LogP contribution < -0.4 is 10.6 Å². The minimum atomic E-state index is -1.00. The largest absolute Gasteiger partial charge is 0.481 e. The van der Waals surface area contributed by atoms with E-state index in [1.807, 2.05) is 0 Å². The van der Waals surface area contributed by atoms with Crippen LogP contribution in [-0.4, -0.2) is 35.5 Å². The van der Waals surface area contributed by atoms with Gasteiger partial charge < -0.3 is 15.7 Å². The highest BCUT2D eigenvalue weighted by Crippen LogP contribution is 2.25. The zero-order chi connectivity index (χ0) is 14.4. The molecule has 0 aromatic heterocycles. The van der Waals surface area contributed by atoms with Crippen LogP contribution in [0, 0.1) is 10.1 Å². The molecule has 0 saturated carbocycles. The Morgan fingerprint density at radius 3 is 2.63 bits per heavy atom. The number of nitrogens with zero attached hydrogens (tertiary/aromatic N) is 1. The van der Waals surface area contributed by atoms with Crippen molar-refractivity contribution in [3.63, 3.8) is 0 Å². The molecule has 0 spiro atoms. The summed E-state index contributed by atoms with van der Waals surface area (Å²) in [6.07, 6.45) is -0.158. The molecule has 0 fully saturated rings. The predicted molar refractivity (Wildman–Crippen MR) is 67.2 cm³/mol. The fourth-order valence-corrected chi connectivity index (χ4v) is 1.42. The Morgan fingerprint density at radius 2 is 2.11 bits per heavy atom. The summed E-state index contributed by atoms with van der Waals surface area (Å²) in [7, 11) is 1.42. The molecule has 0 bridgehead atoms. The first-order valence-corrected chi connectivity index (χ1v) is 5.42. The van der Waals surface area contributed by atoms with Gasteiger partial charge in [-0.15, -0.1) is 0 Å². The number of benzene rings is 1. The maximum Gasteiger partial charge on any atom is 0.305 e. The lowest BCUT2D eigenvalue weighted by atomic mass is 10.1. The summed E-state index contributed by atoms with van der Waals surface area (Å²) in [5, 5.41) is 24.4. The molecule has 1 aromatic carbocycles. The molecule has 0 heterocycles. The van der Waals surface area contributed by atoms with Crippen molar-refractivity contribution in [3.8, 4) is 0 Å². The number of amides is 1. The van der Waals surface area contributed by atoms with Crippen molar-refractivity contribution in [1.82, 2.24) is 5.32 Å². The van der Waals surface area contributed by atoms with Crippen LogP contribution in [0.3, 0.4) is 0 Å². The van der Waals surface area contributed by atoms with Crippen molar-refractivity contribution in [2.75, 3.05) is 18.9 Å². The number of anilines is 1. The number of aliphatic carboxylic acids is 1. The van der Waals surface area contributed by atoms with Crippen molar-refractivity contribution in [2.24, 2.45) is 0 Å². The van der Waals surface area contributed by atoms with E-state index in [9.17, 15) is 19.7 Å². The summed E-state index contributed by atoms with van der Waals surface area (Å²) < 4.78 is 0. The van der Waals surface area contributed by atoms with E-state index < -0.39 is 16.8 Å². The van der Waals surface area contributed by atoms with Crippen molar-refractivity contribution < 1.29 is 19.6 Å².